The van der Waals surface area contributed by atoms with Crippen LogP contribution in [0.25, 0.3) is 0 Å². The fourth-order valence-electron chi connectivity index (χ4n) is 8.62. The fourth-order valence-corrected chi connectivity index (χ4v) is 8.82. The number of benzene rings is 3. The van der Waals surface area contributed by atoms with Crippen molar-refractivity contribution >= 4 is 23.4 Å². The largest absolute Gasteiger partial charge is 0.503 e. The van der Waals surface area contributed by atoms with E-state index in [1.165, 1.54) is 46.0 Å². The van der Waals surface area contributed by atoms with E-state index in [1.807, 2.05) is 56.3 Å². The predicted octanol–water partition coefficient (Wildman–Crippen LogP) is 8.27. The van der Waals surface area contributed by atoms with Gasteiger partial charge in [0.15, 0.2) is 34.5 Å². The maximum Gasteiger partial charge on any atom is 0.276 e. The zero-order chi connectivity index (χ0) is 47.4. The minimum Gasteiger partial charge on any atom is -0.503 e. The normalized spacial score (nSPS) is 14.6. The summed E-state index contributed by atoms with van der Waals surface area (Å²) in [5.74, 6) is -4.97. The molecule has 3 aromatic carbocycles. The van der Waals surface area contributed by atoms with Crippen LogP contribution in [-0.4, -0.2) is 46.6 Å². The highest BCUT2D eigenvalue weighted by atomic mass is 35.5. The Kier molecular flexibility index (Phi) is 16.2. The van der Waals surface area contributed by atoms with Crippen LogP contribution in [0.2, 0.25) is 5.02 Å². The van der Waals surface area contributed by atoms with Gasteiger partial charge in [-0.25, -0.2) is 13.2 Å². The van der Waals surface area contributed by atoms with E-state index < -0.39 is 68.4 Å². The molecule has 3 heterocycles. The second-order valence-corrected chi connectivity index (χ2v) is 16.6. The summed E-state index contributed by atoms with van der Waals surface area (Å²) in [6.07, 6.45) is 13.1. The van der Waals surface area contributed by atoms with Crippen LogP contribution in [0.4, 0.5) is 13.2 Å². The highest BCUT2D eigenvalue weighted by Crippen LogP contribution is 2.43. The van der Waals surface area contributed by atoms with Crippen molar-refractivity contribution in [2.45, 2.75) is 102 Å². The quantitative estimate of drug-likeness (QED) is 0.0940. The summed E-state index contributed by atoms with van der Waals surface area (Å²) in [6.45, 7) is 4.86. The van der Waals surface area contributed by atoms with Gasteiger partial charge in [0.25, 0.3) is 22.7 Å². The SMILES string of the molecule is CC.O=C(NCc1ccc(F)c(Cl)c1)c1nn(CC2(c3ccncc3)CCCC2)cc(O)c1=O.O=C(NCc1ccccc1)c1nn(CC2(c3ccc(F)c(F)c3)CCCC2)cc(O)c1=O. The van der Waals surface area contributed by atoms with Crippen molar-refractivity contribution in [2.75, 3.05) is 0 Å². The van der Waals surface area contributed by atoms with Crippen molar-refractivity contribution in [3.05, 3.63) is 180 Å². The summed E-state index contributed by atoms with van der Waals surface area (Å²) in [4.78, 5) is 54.1. The van der Waals surface area contributed by atoms with Gasteiger partial charge >= 0.3 is 0 Å². The van der Waals surface area contributed by atoms with Crippen molar-refractivity contribution in [3.63, 3.8) is 0 Å². The Morgan fingerprint density at radius 3 is 1.62 bits per heavy atom. The molecular formula is C49H51ClF3N7O6. The van der Waals surface area contributed by atoms with Gasteiger partial charge in [-0.2, -0.15) is 10.2 Å². The van der Waals surface area contributed by atoms with Crippen LogP contribution in [0.5, 0.6) is 11.5 Å². The van der Waals surface area contributed by atoms with Crippen molar-refractivity contribution < 1.29 is 33.0 Å². The second kappa shape index (κ2) is 21.9. The molecule has 2 saturated carbocycles. The summed E-state index contributed by atoms with van der Waals surface area (Å²) in [7, 11) is 0. The molecule has 346 valence electrons. The first-order valence-corrected chi connectivity index (χ1v) is 22.2. The summed E-state index contributed by atoms with van der Waals surface area (Å²) in [5, 5.41) is 33.9. The minimum absolute atomic E-state index is 0.0244. The lowest BCUT2D eigenvalue weighted by atomic mass is 9.78. The molecule has 17 heteroatoms. The number of carbonyl (C=O) groups excluding carboxylic acids is 2. The predicted molar refractivity (Wildman–Crippen MR) is 243 cm³/mol. The minimum atomic E-state index is -0.925. The van der Waals surface area contributed by atoms with Crippen molar-refractivity contribution in [2.24, 2.45) is 0 Å². The Hall–Kier alpha value is -6.81. The molecule has 66 heavy (non-hydrogen) atoms. The number of nitrogens with one attached hydrogen (secondary N) is 2. The van der Waals surface area contributed by atoms with Gasteiger partial charge in [0.05, 0.1) is 30.5 Å². The summed E-state index contributed by atoms with van der Waals surface area (Å²) in [5.41, 5.74) is -0.122. The molecule has 2 fully saturated rings. The molecule has 0 bridgehead atoms. The lowest BCUT2D eigenvalue weighted by Gasteiger charge is -2.30. The van der Waals surface area contributed by atoms with Gasteiger partial charge in [-0.15, -0.1) is 0 Å². The third-order valence-electron chi connectivity index (χ3n) is 11.9. The van der Waals surface area contributed by atoms with E-state index in [2.05, 4.69) is 25.8 Å². The van der Waals surface area contributed by atoms with Crippen LogP contribution >= 0.6 is 11.6 Å². The molecule has 2 aliphatic carbocycles. The van der Waals surface area contributed by atoms with Gasteiger partial charge in [-0.3, -0.25) is 33.5 Å². The summed E-state index contributed by atoms with van der Waals surface area (Å²) in [6, 6.07) is 21.0. The van der Waals surface area contributed by atoms with E-state index in [0.717, 1.165) is 55.7 Å². The zero-order valence-electron chi connectivity index (χ0n) is 36.6. The lowest BCUT2D eigenvalue weighted by molar-refractivity contribution is 0.0933. The van der Waals surface area contributed by atoms with E-state index in [9.17, 15) is 42.6 Å². The number of halogens is 4. The van der Waals surface area contributed by atoms with Crippen LogP contribution < -0.4 is 21.5 Å². The maximum atomic E-state index is 13.9. The molecule has 6 aromatic rings. The zero-order valence-corrected chi connectivity index (χ0v) is 37.3. The molecule has 8 rings (SSSR count). The number of rotatable bonds is 12. The molecular weight excluding hydrogens is 875 g/mol. The van der Waals surface area contributed by atoms with Gasteiger partial charge in [0.2, 0.25) is 0 Å². The molecule has 0 unspecified atom stereocenters. The van der Waals surface area contributed by atoms with Crippen molar-refractivity contribution in [3.8, 4) is 11.5 Å². The number of amides is 2. The first-order valence-electron chi connectivity index (χ1n) is 21.8. The number of nitrogens with zero attached hydrogens (tertiary/aromatic N) is 5. The molecule has 0 saturated heterocycles. The van der Waals surface area contributed by atoms with Crippen LogP contribution in [0.3, 0.4) is 0 Å². The monoisotopic (exact) mass is 925 g/mol. The van der Waals surface area contributed by atoms with E-state index >= 15 is 0 Å². The van der Waals surface area contributed by atoms with E-state index in [0.29, 0.717) is 30.5 Å². The average molecular weight is 926 g/mol. The van der Waals surface area contributed by atoms with Crippen LogP contribution in [0.15, 0.2) is 113 Å². The first kappa shape index (κ1) is 48.6. The second-order valence-electron chi connectivity index (χ2n) is 16.2. The highest BCUT2D eigenvalue weighted by molar-refractivity contribution is 6.30. The Labute approximate surface area is 384 Å². The van der Waals surface area contributed by atoms with Crippen LogP contribution in [0.1, 0.15) is 108 Å². The topological polar surface area (TPSA) is 181 Å². The van der Waals surface area contributed by atoms with E-state index in [-0.39, 0.29) is 30.1 Å². The number of hydrogen-bond donors (Lipinski definition) is 4. The molecule has 3 aromatic heterocycles. The average Bonchev–Trinajstić information content (AvgIpc) is 4.02. The van der Waals surface area contributed by atoms with Crippen LogP contribution in [0, 0.1) is 17.5 Å². The third kappa shape index (κ3) is 11.5. The standard InChI is InChI=1S/C24H23F2N3O3.C23H22ClFN4O3.C2H6/c25-18-9-8-17(12-19(18)26)24(10-4-5-11-24)15-29-14-20(30)22(31)21(28-29)23(32)27-13-16-6-2-1-3-7-16;24-17-11-15(3-4-18(17)25)12-27-22(32)20-21(31)19(30)13-29(28-20)14-23(7-1-2-8-23)16-5-9-26-10-6-16;1-2/h1-3,6-9,12,14,30H,4-5,10-11,13,15H2,(H,27,32);3-6,9-11,13,30H,1-2,7-8,12,14H2,(H,27,32);1-2H3. The third-order valence-corrected chi connectivity index (χ3v) is 12.2. The number of carbonyl (C=O) groups is 2. The first-order chi connectivity index (χ1) is 31.8. The molecule has 0 radical (unpaired) electrons. The fraction of sp³-hybridized carbons (Fsp3) is 0.327. The Balaban J connectivity index is 0.000000210. The number of aromatic hydroxyl groups is 2. The van der Waals surface area contributed by atoms with Crippen molar-refractivity contribution in [1.82, 2.24) is 35.2 Å². The maximum absolute atomic E-state index is 13.9. The van der Waals surface area contributed by atoms with Gasteiger partial charge in [-0.1, -0.05) is 93.6 Å². The van der Waals surface area contributed by atoms with Gasteiger partial charge in [0, 0.05) is 36.3 Å². The number of hydrogen-bond acceptors (Lipinski definition) is 9. The molecule has 4 N–H and O–H groups in total. The number of pyridine rings is 1. The van der Waals surface area contributed by atoms with Crippen molar-refractivity contribution in [1.29, 1.82) is 0 Å². The van der Waals surface area contributed by atoms with E-state index in [1.54, 1.807) is 18.5 Å². The summed E-state index contributed by atoms with van der Waals surface area (Å²) >= 11 is 5.77. The Morgan fingerprint density at radius 1 is 0.636 bits per heavy atom. The van der Waals surface area contributed by atoms with E-state index in [4.69, 9.17) is 11.6 Å². The van der Waals surface area contributed by atoms with Crippen LogP contribution in [-0.2, 0) is 37.0 Å². The van der Waals surface area contributed by atoms with Gasteiger partial charge in [0.1, 0.15) is 5.82 Å². The molecule has 2 amide bonds. The Bertz CT molecular complexity index is 2760. The molecule has 0 atom stereocenters. The van der Waals surface area contributed by atoms with Gasteiger partial charge in [-0.05, 0) is 84.3 Å². The number of aromatic nitrogens is 5. The molecule has 13 nitrogen and oxygen atoms in total. The highest BCUT2D eigenvalue weighted by Gasteiger charge is 2.38. The molecule has 0 aliphatic heterocycles. The molecule has 2 aliphatic rings. The lowest BCUT2D eigenvalue weighted by Crippen LogP contribution is -2.34. The Morgan fingerprint density at radius 2 is 1.12 bits per heavy atom. The summed E-state index contributed by atoms with van der Waals surface area (Å²) < 4.78 is 43.5. The van der Waals surface area contributed by atoms with Gasteiger partial charge < -0.3 is 20.8 Å². The smallest absolute Gasteiger partial charge is 0.276 e. The molecule has 0 spiro atoms.